The van der Waals surface area contributed by atoms with E-state index in [0.717, 1.165) is 31.9 Å². The van der Waals surface area contributed by atoms with Crippen molar-refractivity contribution in [1.29, 1.82) is 0 Å². The van der Waals surface area contributed by atoms with E-state index in [1.807, 2.05) is 16.7 Å². The van der Waals surface area contributed by atoms with Gasteiger partial charge in [-0.1, -0.05) is 0 Å². The van der Waals surface area contributed by atoms with Crippen LogP contribution in [0.15, 0.2) is 18.5 Å². The molecule has 2 N–H and O–H groups in total. The first-order valence-electron chi connectivity index (χ1n) is 5.80. The summed E-state index contributed by atoms with van der Waals surface area (Å²) in [5.74, 6) is 1.54. The number of nitrogens with two attached hydrogens (primary N) is 1. The Bertz CT molecular complexity index is 517. The van der Waals surface area contributed by atoms with E-state index in [2.05, 4.69) is 15.2 Å². The predicted molar refractivity (Wildman–Crippen MR) is 61.6 cm³/mol. The molecule has 0 bridgehead atoms. The molecule has 1 fully saturated rings. The molecule has 0 atom stereocenters. The lowest BCUT2D eigenvalue weighted by molar-refractivity contribution is 0.0496. The van der Waals surface area contributed by atoms with E-state index in [1.165, 1.54) is 0 Å². The Labute approximate surface area is 98.8 Å². The van der Waals surface area contributed by atoms with Gasteiger partial charge in [-0.3, -0.25) is 4.40 Å². The second-order valence-electron chi connectivity index (χ2n) is 4.41. The molecule has 3 heterocycles. The molecule has 1 aliphatic rings. The summed E-state index contributed by atoms with van der Waals surface area (Å²) in [6.07, 6.45) is 5.43. The minimum Gasteiger partial charge on any atom is -0.381 e. The van der Waals surface area contributed by atoms with Crippen LogP contribution in [-0.2, 0) is 10.2 Å². The first-order chi connectivity index (χ1) is 8.36. The lowest BCUT2D eigenvalue weighted by Crippen LogP contribution is -2.42. The molecule has 1 saturated heterocycles. The van der Waals surface area contributed by atoms with E-state index in [9.17, 15) is 0 Å². The van der Waals surface area contributed by atoms with Crippen molar-refractivity contribution >= 4 is 5.78 Å². The topological polar surface area (TPSA) is 78.3 Å². The largest absolute Gasteiger partial charge is 0.381 e. The fraction of sp³-hybridized carbons (Fsp3) is 0.545. The van der Waals surface area contributed by atoms with Crippen molar-refractivity contribution in [3.05, 3.63) is 24.3 Å². The first-order valence-corrected chi connectivity index (χ1v) is 5.80. The van der Waals surface area contributed by atoms with Crippen LogP contribution in [0.4, 0.5) is 0 Å². The Morgan fingerprint density at radius 3 is 2.94 bits per heavy atom. The van der Waals surface area contributed by atoms with Crippen molar-refractivity contribution in [2.75, 3.05) is 19.8 Å². The van der Waals surface area contributed by atoms with Gasteiger partial charge in [-0.05, 0) is 18.9 Å². The fourth-order valence-electron chi connectivity index (χ4n) is 2.39. The van der Waals surface area contributed by atoms with Crippen molar-refractivity contribution in [2.24, 2.45) is 5.73 Å². The van der Waals surface area contributed by atoms with Gasteiger partial charge < -0.3 is 10.5 Å². The Balaban J connectivity index is 2.12. The van der Waals surface area contributed by atoms with Crippen LogP contribution >= 0.6 is 0 Å². The molecule has 0 spiro atoms. The van der Waals surface area contributed by atoms with E-state index >= 15 is 0 Å². The zero-order chi connectivity index (χ0) is 11.7. The molecule has 0 aliphatic carbocycles. The molecule has 0 aromatic carbocycles. The van der Waals surface area contributed by atoms with Crippen LogP contribution < -0.4 is 5.73 Å². The molecule has 0 saturated carbocycles. The van der Waals surface area contributed by atoms with Gasteiger partial charge in [0.15, 0.2) is 0 Å². The highest BCUT2D eigenvalue weighted by Gasteiger charge is 2.37. The zero-order valence-corrected chi connectivity index (χ0v) is 9.54. The number of hydrogen-bond donors (Lipinski definition) is 1. The van der Waals surface area contributed by atoms with Crippen molar-refractivity contribution in [2.45, 2.75) is 18.3 Å². The highest BCUT2D eigenvalue weighted by atomic mass is 16.5. The minimum atomic E-state index is -0.124. The summed E-state index contributed by atoms with van der Waals surface area (Å²) in [5, 5.41) is 8.37. The molecule has 2 aromatic rings. The Morgan fingerprint density at radius 2 is 2.18 bits per heavy atom. The van der Waals surface area contributed by atoms with Crippen LogP contribution in [0.1, 0.15) is 18.7 Å². The van der Waals surface area contributed by atoms with E-state index in [-0.39, 0.29) is 5.41 Å². The van der Waals surface area contributed by atoms with Gasteiger partial charge in [-0.25, -0.2) is 4.98 Å². The van der Waals surface area contributed by atoms with Crippen molar-refractivity contribution in [3.8, 4) is 0 Å². The van der Waals surface area contributed by atoms with Crippen molar-refractivity contribution < 1.29 is 4.74 Å². The molecule has 0 unspecified atom stereocenters. The summed E-state index contributed by atoms with van der Waals surface area (Å²) in [6, 6.07) is 1.88. The maximum Gasteiger partial charge on any atom is 0.254 e. The van der Waals surface area contributed by atoms with Gasteiger partial charge in [0.1, 0.15) is 5.82 Å². The van der Waals surface area contributed by atoms with Gasteiger partial charge in [0.25, 0.3) is 5.78 Å². The zero-order valence-electron chi connectivity index (χ0n) is 9.54. The summed E-state index contributed by atoms with van der Waals surface area (Å²) < 4.78 is 7.34. The van der Waals surface area contributed by atoms with Crippen LogP contribution in [0.2, 0.25) is 0 Å². The molecule has 0 amide bonds. The molecule has 90 valence electrons. The normalized spacial score (nSPS) is 19.6. The van der Waals surface area contributed by atoms with Gasteiger partial charge in [0.2, 0.25) is 0 Å². The number of hydrogen-bond acceptors (Lipinski definition) is 5. The molecule has 0 radical (unpaired) electrons. The minimum absolute atomic E-state index is 0.124. The highest BCUT2D eigenvalue weighted by Crippen LogP contribution is 2.32. The van der Waals surface area contributed by atoms with E-state index in [1.54, 1.807) is 6.20 Å². The average Bonchev–Trinajstić information content (AvgIpc) is 2.84. The number of rotatable bonds is 2. The van der Waals surface area contributed by atoms with Gasteiger partial charge in [-0.2, -0.15) is 0 Å². The standard InChI is InChI=1S/C11H15N5O/c12-8-11(2-6-17-7-3-11)9-14-15-10-13-4-1-5-16(9)10/h1,4-5H,2-3,6-8,12H2. The lowest BCUT2D eigenvalue weighted by Gasteiger charge is -2.34. The summed E-state index contributed by atoms with van der Waals surface area (Å²) in [6.45, 7) is 2.02. The molecule has 1 aliphatic heterocycles. The number of aromatic nitrogens is 4. The van der Waals surface area contributed by atoms with Crippen LogP contribution in [0.25, 0.3) is 5.78 Å². The third kappa shape index (κ3) is 1.60. The monoisotopic (exact) mass is 233 g/mol. The second kappa shape index (κ2) is 4.05. The molecular formula is C11H15N5O. The van der Waals surface area contributed by atoms with E-state index in [4.69, 9.17) is 10.5 Å². The first kappa shape index (κ1) is 10.6. The summed E-state index contributed by atoms with van der Waals surface area (Å²) in [7, 11) is 0. The van der Waals surface area contributed by atoms with Crippen LogP contribution in [0, 0.1) is 0 Å². The van der Waals surface area contributed by atoms with Crippen LogP contribution in [0.5, 0.6) is 0 Å². The van der Waals surface area contributed by atoms with Crippen molar-refractivity contribution in [3.63, 3.8) is 0 Å². The summed E-state index contributed by atoms with van der Waals surface area (Å²) in [5.41, 5.74) is 5.84. The smallest absolute Gasteiger partial charge is 0.254 e. The van der Waals surface area contributed by atoms with Gasteiger partial charge in [-0.15, -0.1) is 10.2 Å². The summed E-state index contributed by atoms with van der Waals surface area (Å²) >= 11 is 0. The maximum absolute atomic E-state index is 5.96. The van der Waals surface area contributed by atoms with Crippen LogP contribution in [0.3, 0.4) is 0 Å². The summed E-state index contributed by atoms with van der Waals surface area (Å²) in [4.78, 5) is 4.18. The molecule has 6 heteroatoms. The third-order valence-electron chi connectivity index (χ3n) is 3.50. The molecule has 2 aromatic heterocycles. The predicted octanol–water partition coefficient (Wildman–Crippen LogP) is 0.131. The highest BCUT2D eigenvalue weighted by molar-refractivity contribution is 5.29. The SMILES string of the molecule is NCC1(c2nnc3ncccn23)CCOCC1. The third-order valence-corrected chi connectivity index (χ3v) is 3.50. The Morgan fingerprint density at radius 1 is 1.35 bits per heavy atom. The van der Waals surface area contributed by atoms with Gasteiger partial charge in [0.05, 0.1) is 0 Å². The fourth-order valence-corrected chi connectivity index (χ4v) is 2.39. The lowest BCUT2D eigenvalue weighted by atomic mass is 9.79. The van der Waals surface area contributed by atoms with E-state index < -0.39 is 0 Å². The van der Waals surface area contributed by atoms with Crippen molar-refractivity contribution in [1.82, 2.24) is 19.6 Å². The molecule has 3 rings (SSSR count). The molecule has 6 nitrogen and oxygen atoms in total. The number of ether oxygens (including phenoxy) is 1. The quantitative estimate of drug-likeness (QED) is 0.797. The van der Waals surface area contributed by atoms with Gasteiger partial charge in [0, 0.05) is 37.6 Å². The molecular weight excluding hydrogens is 218 g/mol. The average molecular weight is 233 g/mol. The number of nitrogens with zero attached hydrogens (tertiary/aromatic N) is 4. The maximum atomic E-state index is 5.96. The van der Waals surface area contributed by atoms with E-state index in [0.29, 0.717) is 12.3 Å². The second-order valence-corrected chi connectivity index (χ2v) is 4.41. The Hall–Kier alpha value is -1.53. The number of fused-ring (bicyclic) bond motifs is 1. The Kier molecular flexibility index (Phi) is 2.53. The van der Waals surface area contributed by atoms with Crippen LogP contribution in [-0.4, -0.2) is 39.3 Å². The molecule has 17 heavy (non-hydrogen) atoms. The van der Waals surface area contributed by atoms with Gasteiger partial charge >= 0.3 is 0 Å².